The molecule has 2 aliphatic rings. The number of amides is 1. The second-order valence-corrected chi connectivity index (χ2v) is 8.56. The van der Waals surface area contributed by atoms with E-state index < -0.39 is 6.10 Å². The normalized spacial score (nSPS) is 16.5. The molecule has 8 nitrogen and oxygen atoms in total. The molecule has 168 valence electrons. The predicted octanol–water partition coefficient (Wildman–Crippen LogP) is 3.54. The zero-order chi connectivity index (χ0) is 22.1. The topological polar surface area (TPSA) is 73.4 Å². The van der Waals surface area contributed by atoms with Crippen molar-refractivity contribution in [2.24, 2.45) is 0 Å². The summed E-state index contributed by atoms with van der Waals surface area (Å²) in [5, 5.41) is 0.628. The largest absolute Gasteiger partial charge is 0.485 e. The third-order valence-electron chi connectivity index (χ3n) is 5.69. The van der Waals surface area contributed by atoms with Gasteiger partial charge >= 0.3 is 0 Å². The van der Waals surface area contributed by atoms with Crippen molar-refractivity contribution in [3.05, 3.63) is 36.4 Å². The minimum Gasteiger partial charge on any atom is -0.485 e. The maximum atomic E-state index is 13.6. The minimum absolute atomic E-state index is 0.161. The highest BCUT2D eigenvalue weighted by molar-refractivity contribution is 7.22. The first-order valence-corrected chi connectivity index (χ1v) is 11.6. The summed E-state index contributed by atoms with van der Waals surface area (Å²) in [5.41, 5.74) is 0.779. The molecule has 32 heavy (non-hydrogen) atoms. The molecule has 0 unspecified atom stereocenters. The van der Waals surface area contributed by atoms with Gasteiger partial charge in [-0.3, -0.25) is 9.69 Å². The first kappa shape index (κ1) is 20.8. The van der Waals surface area contributed by atoms with Gasteiger partial charge in [0.2, 0.25) is 12.9 Å². The van der Waals surface area contributed by atoms with Crippen LogP contribution in [0.15, 0.2) is 36.4 Å². The highest BCUT2D eigenvalue weighted by atomic mass is 32.1. The number of para-hydroxylation sites is 2. The molecule has 1 amide bonds. The van der Waals surface area contributed by atoms with Crippen molar-refractivity contribution in [2.75, 3.05) is 44.5 Å². The molecule has 0 saturated carbocycles. The third kappa shape index (κ3) is 3.93. The Kier molecular flexibility index (Phi) is 5.75. The number of thiazole rings is 1. The Bertz CT molecular complexity index is 1090. The number of hydrogen-bond acceptors (Lipinski definition) is 8. The Balaban J connectivity index is 1.44. The van der Waals surface area contributed by atoms with Gasteiger partial charge in [0.15, 0.2) is 28.1 Å². The average molecular weight is 456 g/mol. The molecular weight excluding hydrogens is 430 g/mol. The van der Waals surface area contributed by atoms with Crippen molar-refractivity contribution in [2.45, 2.75) is 20.0 Å². The number of benzene rings is 2. The van der Waals surface area contributed by atoms with Crippen LogP contribution in [-0.2, 0) is 4.79 Å². The summed E-state index contributed by atoms with van der Waals surface area (Å²) >= 11 is 1.46. The number of anilines is 1. The van der Waals surface area contributed by atoms with E-state index in [2.05, 4.69) is 18.7 Å². The number of hydrogen-bond donors (Lipinski definition) is 0. The zero-order valence-electron chi connectivity index (χ0n) is 18.1. The zero-order valence-corrected chi connectivity index (χ0v) is 18.9. The molecule has 1 aromatic heterocycles. The number of likely N-dealkylation sites (N-methyl/N-ethyl adjacent to an activating group) is 1. The number of aromatic nitrogens is 1. The molecule has 2 aliphatic heterocycles. The van der Waals surface area contributed by atoms with Gasteiger partial charge in [0.25, 0.3) is 5.91 Å². The van der Waals surface area contributed by atoms with Crippen molar-refractivity contribution < 1.29 is 23.7 Å². The summed E-state index contributed by atoms with van der Waals surface area (Å²) < 4.78 is 23.7. The average Bonchev–Trinajstić information content (AvgIpc) is 3.45. The smallest absolute Gasteiger partial charge is 0.273 e. The Labute approximate surface area is 190 Å². The van der Waals surface area contributed by atoms with E-state index in [0.29, 0.717) is 34.7 Å². The van der Waals surface area contributed by atoms with Crippen molar-refractivity contribution >= 4 is 32.6 Å². The molecule has 0 aliphatic carbocycles. The van der Waals surface area contributed by atoms with Crippen LogP contribution in [0.2, 0.25) is 0 Å². The molecule has 0 radical (unpaired) electrons. The highest BCUT2D eigenvalue weighted by Crippen LogP contribution is 2.40. The Morgan fingerprint density at radius 2 is 1.78 bits per heavy atom. The Morgan fingerprint density at radius 1 is 1.03 bits per heavy atom. The van der Waals surface area contributed by atoms with Gasteiger partial charge in [0.05, 0.1) is 10.2 Å². The van der Waals surface area contributed by atoms with Crippen LogP contribution in [-0.4, -0.2) is 61.5 Å². The SMILES string of the molecule is CCN(CC)CCN(C(=O)[C@@H]1COc2ccccc2O1)c1nc2cc3c(cc2s1)OCO3. The van der Waals surface area contributed by atoms with E-state index in [9.17, 15) is 4.79 Å². The van der Waals surface area contributed by atoms with Crippen LogP contribution in [0.3, 0.4) is 0 Å². The van der Waals surface area contributed by atoms with Crippen molar-refractivity contribution in [1.82, 2.24) is 9.88 Å². The number of fused-ring (bicyclic) bond motifs is 3. The molecule has 0 bridgehead atoms. The van der Waals surface area contributed by atoms with Gasteiger partial charge in [-0.25, -0.2) is 4.98 Å². The number of carbonyl (C=O) groups excluding carboxylic acids is 1. The molecule has 0 saturated heterocycles. The molecule has 2 aromatic carbocycles. The standard InChI is InChI=1S/C23H25N3O5S/c1-3-25(4-2)9-10-26(22(27)20-13-28-16-7-5-6-8-17(16)31-20)23-24-15-11-18-19(30-14-29-18)12-21(15)32-23/h5-8,11-12,20H,3-4,9-10,13-14H2,1-2H3/t20-/m0/s1. The molecular formula is C23H25N3O5S. The quantitative estimate of drug-likeness (QED) is 0.540. The van der Waals surface area contributed by atoms with E-state index in [-0.39, 0.29) is 19.3 Å². The van der Waals surface area contributed by atoms with E-state index in [1.807, 2.05) is 36.4 Å². The van der Waals surface area contributed by atoms with Gasteiger partial charge in [-0.1, -0.05) is 37.3 Å². The van der Waals surface area contributed by atoms with Crippen molar-refractivity contribution in [1.29, 1.82) is 0 Å². The molecule has 9 heteroatoms. The van der Waals surface area contributed by atoms with Crippen LogP contribution in [0.5, 0.6) is 23.0 Å². The van der Waals surface area contributed by atoms with Crippen molar-refractivity contribution in [3.63, 3.8) is 0 Å². The monoisotopic (exact) mass is 455 g/mol. The maximum absolute atomic E-state index is 13.6. The van der Waals surface area contributed by atoms with Gasteiger partial charge < -0.3 is 23.8 Å². The van der Waals surface area contributed by atoms with E-state index >= 15 is 0 Å². The highest BCUT2D eigenvalue weighted by Gasteiger charge is 2.33. The van der Waals surface area contributed by atoms with Crippen LogP contribution in [0.1, 0.15) is 13.8 Å². The lowest BCUT2D eigenvalue weighted by Gasteiger charge is -2.30. The minimum atomic E-state index is -0.731. The summed E-state index contributed by atoms with van der Waals surface area (Å²) in [6, 6.07) is 11.2. The summed E-state index contributed by atoms with van der Waals surface area (Å²) in [5.74, 6) is 2.45. The number of nitrogens with zero attached hydrogens (tertiary/aromatic N) is 3. The fourth-order valence-electron chi connectivity index (χ4n) is 3.82. The maximum Gasteiger partial charge on any atom is 0.273 e. The third-order valence-corrected chi connectivity index (χ3v) is 6.73. The van der Waals surface area contributed by atoms with E-state index in [0.717, 1.165) is 29.9 Å². The summed E-state index contributed by atoms with van der Waals surface area (Å²) in [4.78, 5) is 22.3. The molecule has 0 spiro atoms. The molecule has 0 fully saturated rings. The molecule has 3 aromatic rings. The second-order valence-electron chi connectivity index (χ2n) is 7.55. The van der Waals surface area contributed by atoms with E-state index in [1.165, 1.54) is 11.3 Å². The fraction of sp³-hybridized carbons (Fsp3) is 0.391. The lowest BCUT2D eigenvalue weighted by Crippen LogP contribution is -2.48. The first-order chi connectivity index (χ1) is 15.7. The van der Waals surface area contributed by atoms with Crippen LogP contribution < -0.4 is 23.8 Å². The number of ether oxygens (including phenoxy) is 4. The molecule has 3 heterocycles. The van der Waals surface area contributed by atoms with Crippen molar-refractivity contribution in [3.8, 4) is 23.0 Å². The van der Waals surface area contributed by atoms with E-state index in [4.69, 9.17) is 23.9 Å². The summed E-state index contributed by atoms with van der Waals surface area (Å²) in [7, 11) is 0. The second kappa shape index (κ2) is 8.84. The summed E-state index contributed by atoms with van der Waals surface area (Å²) in [6.07, 6.45) is -0.731. The molecule has 5 rings (SSSR count). The lowest BCUT2D eigenvalue weighted by molar-refractivity contribution is -0.127. The van der Waals surface area contributed by atoms with Gasteiger partial charge in [-0.05, 0) is 25.2 Å². The molecule has 0 N–H and O–H groups in total. The van der Waals surface area contributed by atoms with Crippen LogP contribution in [0.25, 0.3) is 10.2 Å². The van der Waals surface area contributed by atoms with Crippen LogP contribution in [0.4, 0.5) is 5.13 Å². The number of rotatable bonds is 7. The van der Waals surface area contributed by atoms with E-state index in [1.54, 1.807) is 4.90 Å². The summed E-state index contributed by atoms with van der Waals surface area (Å²) in [6.45, 7) is 7.68. The lowest BCUT2D eigenvalue weighted by atomic mass is 10.2. The molecule has 1 atom stereocenters. The van der Waals surface area contributed by atoms with Gasteiger partial charge in [0.1, 0.15) is 6.61 Å². The van der Waals surface area contributed by atoms with Crippen LogP contribution in [0, 0.1) is 0 Å². The Morgan fingerprint density at radius 3 is 2.56 bits per heavy atom. The first-order valence-electron chi connectivity index (χ1n) is 10.8. The van der Waals surface area contributed by atoms with Crippen LogP contribution >= 0.6 is 11.3 Å². The fourth-order valence-corrected chi connectivity index (χ4v) is 4.83. The van der Waals surface area contributed by atoms with Gasteiger partial charge in [-0.15, -0.1) is 0 Å². The predicted molar refractivity (Wildman–Crippen MR) is 122 cm³/mol. The Hall–Kier alpha value is -3.04. The van der Waals surface area contributed by atoms with Gasteiger partial charge in [-0.2, -0.15) is 0 Å². The van der Waals surface area contributed by atoms with Gasteiger partial charge in [0, 0.05) is 25.2 Å². The number of carbonyl (C=O) groups is 1.